The van der Waals surface area contributed by atoms with Gasteiger partial charge in [-0.3, -0.25) is 28.8 Å². The molecule has 192 valence electrons. The largest absolute Gasteiger partial charge is 0.484 e. The predicted octanol–water partition coefficient (Wildman–Crippen LogP) is 2.64. The van der Waals surface area contributed by atoms with Crippen molar-refractivity contribution in [3.63, 3.8) is 0 Å². The number of allylic oxidation sites excluding steroid dienone is 1. The van der Waals surface area contributed by atoms with Gasteiger partial charge in [-0.2, -0.15) is 0 Å². The van der Waals surface area contributed by atoms with Crippen molar-refractivity contribution >= 4 is 50.2 Å². The van der Waals surface area contributed by atoms with Crippen LogP contribution in [0.1, 0.15) is 12.5 Å². The van der Waals surface area contributed by atoms with Gasteiger partial charge >= 0.3 is 5.97 Å². The van der Waals surface area contributed by atoms with Crippen molar-refractivity contribution in [3.05, 3.63) is 91.4 Å². The van der Waals surface area contributed by atoms with Crippen LogP contribution in [-0.2, 0) is 36.5 Å². The molecule has 2 heterocycles. The van der Waals surface area contributed by atoms with Gasteiger partial charge < -0.3 is 14.8 Å². The minimum Gasteiger partial charge on any atom is -0.484 e. The van der Waals surface area contributed by atoms with Crippen LogP contribution in [0.3, 0.4) is 0 Å². The Labute approximate surface area is 221 Å². The molecule has 2 aromatic rings. The molecule has 0 spiro atoms. The molecular formula is C24H20BrN3O8S. The van der Waals surface area contributed by atoms with Gasteiger partial charge in [-0.1, -0.05) is 34.1 Å². The highest BCUT2D eigenvalue weighted by atomic mass is 79.9. The number of carbonyl (C=O) groups excluding carboxylic acids is 3. The fraction of sp³-hybridized carbons (Fsp3) is 0.208. The maximum atomic E-state index is 13.2. The third-order valence-electron chi connectivity index (χ3n) is 5.68. The maximum absolute atomic E-state index is 13.2. The van der Waals surface area contributed by atoms with Gasteiger partial charge in [-0.05, 0) is 47.3 Å². The van der Waals surface area contributed by atoms with E-state index in [9.17, 15) is 28.7 Å². The molecule has 2 aliphatic heterocycles. The van der Waals surface area contributed by atoms with E-state index in [1.165, 1.54) is 36.2 Å². The Kier molecular flexibility index (Phi) is 7.83. The summed E-state index contributed by atoms with van der Waals surface area (Å²) in [5, 5.41) is 12.3. The molecule has 13 heteroatoms. The number of esters is 1. The van der Waals surface area contributed by atoms with Gasteiger partial charge in [0, 0.05) is 12.1 Å². The number of β-lactam (4-membered cyclic amide) rings is 1. The minimum absolute atomic E-state index is 0.0896. The summed E-state index contributed by atoms with van der Waals surface area (Å²) < 4.78 is 23.9. The second-order valence-corrected chi connectivity index (χ2v) is 9.97. The van der Waals surface area contributed by atoms with Crippen LogP contribution in [0.25, 0.3) is 0 Å². The Hall–Kier alpha value is -3.84. The molecular weight excluding hydrogens is 570 g/mol. The summed E-state index contributed by atoms with van der Waals surface area (Å²) in [5.74, 6) is -1.56. The molecule has 0 aliphatic carbocycles. The van der Waals surface area contributed by atoms with E-state index < -0.39 is 44.9 Å². The summed E-state index contributed by atoms with van der Waals surface area (Å²) in [7, 11) is -1.75. The van der Waals surface area contributed by atoms with Gasteiger partial charge in [-0.25, -0.2) is 4.79 Å². The van der Waals surface area contributed by atoms with Gasteiger partial charge in [0.25, 0.3) is 17.5 Å². The molecule has 0 bridgehead atoms. The van der Waals surface area contributed by atoms with Gasteiger partial charge in [0.2, 0.25) is 0 Å². The number of carbonyl (C=O) groups is 3. The summed E-state index contributed by atoms with van der Waals surface area (Å²) in [5.41, 5.74) is 0.591. The summed E-state index contributed by atoms with van der Waals surface area (Å²) in [4.78, 5) is 51.5. The Bertz CT molecular complexity index is 1340. The predicted molar refractivity (Wildman–Crippen MR) is 135 cm³/mol. The average molecular weight is 590 g/mol. The van der Waals surface area contributed by atoms with Gasteiger partial charge in [0.1, 0.15) is 29.5 Å². The number of fused-ring (bicyclic) bond motifs is 1. The zero-order valence-electron chi connectivity index (χ0n) is 19.3. The summed E-state index contributed by atoms with van der Waals surface area (Å²) in [6.45, 7) is 0.984. The van der Waals surface area contributed by atoms with Gasteiger partial charge in [0.15, 0.2) is 6.61 Å². The standard InChI is InChI=1S/C24H20BrN3O8S/c1-14-18(11-25)37(34)23-20(26-19(29)13-35-17-5-3-2-4-6-17)22(30)27(23)21(14)24(31)36-12-15-7-9-16(10-8-15)28(32)33/h2-11,20,23H,12-13H2,1H3,(H,26,29)/t20?,23-,37?/m0/s1. The van der Waals surface area contributed by atoms with E-state index in [4.69, 9.17) is 9.47 Å². The molecule has 2 amide bonds. The number of non-ortho nitro benzene ring substituents is 1. The molecule has 4 rings (SSSR count). The number of benzene rings is 2. The molecule has 1 fully saturated rings. The van der Waals surface area contributed by atoms with Crippen LogP contribution in [0.15, 0.2) is 75.8 Å². The first kappa shape index (κ1) is 26.2. The molecule has 2 unspecified atom stereocenters. The quantitative estimate of drug-likeness (QED) is 0.214. The number of nitro groups is 1. The van der Waals surface area contributed by atoms with E-state index in [1.54, 1.807) is 30.3 Å². The van der Waals surface area contributed by atoms with Crippen molar-refractivity contribution in [1.82, 2.24) is 10.2 Å². The Morgan fingerprint density at radius 1 is 1.19 bits per heavy atom. The van der Waals surface area contributed by atoms with E-state index in [-0.39, 0.29) is 35.1 Å². The molecule has 0 saturated carbocycles. The van der Waals surface area contributed by atoms with E-state index in [1.807, 2.05) is 0 Å². The first-order chi connectivity index (χ1) is 17.7. The maximum Gasteiger partial charge on any atom is 0.355 e. The highest BCUT2D eigenvalue weighted by Crippen LogP contribution is 2.40. The van der Waals surface area contributed by atoms with E-state index in [2.05, 4.69) is 21.2 Å². The average Bonchev–Trinajstić information content (AvgIpc) is 2.90. The molecule has 3 atom stereocenters. The zero-order chi connectivity index (χ0) is 26.7. The van der Waals surface area contributed by atoms with Crippen molar-refractivity contribution in [1.29, 1.82) is 0 Å². The fourth-order valence-corrected chi connectivity index (χ4v) is 6.30. The number of hydrogen-bond donors (Lipinski definition) is 1. The van der Waals surface area contributed by atoms with Crippen molar-refractivity contribution in [2.75, 3.05) is 6.61 Å². The summed E-state index contributed by atoms with van der Waals surface area (Å²) >= 11 is 3.16. The number of nitrogens with one attached hydrogen (secondary N) is 1. The third-order valence-corrected chi connectivity index (χ3v) is 8.22. The smallest absolute Gasteiger partial charge is 0.355 e. The lowest BCUT2D eigenvalue weighted by atomic mass is 10.0. The molecule has 2 aromatic carbocycles. The van der Waals surface area contributed by atoms with Crippen molar-refractivity contribution in [3.8, 4) is 5.75 Å². The Morgan fingerprint density at radius 2 is 1.86 bits per heavy atom. The van der Waals surface area contributed by atoms with Crippen molar-refractivity contribution in [2.45, 2.75) is 24.9 Å². The van der Waals surface area contributed by atoms with Crippen LogP contribution in [0.5, 0.6) is 5.75 Å². The van der Waals surface area contributed by atoms with E-state index >= 15 is 0 Å². The van der Waals surface area contributed by atoms with Crippen LogP contribution >= 0.6 is 15.9 Å². The lowest BCUT2D eigenvalue weighted by Crippen LogP contribution is -2.73. The fourth-order valence-electron chi connectivity index (χ4n) is 3.82. The van der Waals surface area contributed by atoms with Crippen LogP contribution in [-0.4, -0.2) is 49.8 Å². The molecule has 11 nitrogen and oxygen atoms in total. The summed E-state index contributed by atoms with van der Waals surface area (Å²) in [6.07, 6.45) is 0. The van der Waals surface area contributed by atoms with Crippen molar-refractivity contribution < 1.29 is 33.0 Å². The lowest BCUT2D eigenvalue weighted by molar-refractivity contribution is -0.384. The number of nitrogens with zero attached hydrogens (tertiary/aromatic N) is 2. The number of nitro benzene ring substituents is 1. The molecule has 0 aromatic heterocycles. The van der Waals surface area contributed by atoms with Gasteiger partial charge in [-0.15, -0.1) is 0 Å². The second-order valence-electron chi connectivity index (χ2n) is 7.99. The van der Waals surface area contributed by atoms with Crippen LogP contribution in [0.2, 0.25) is 0 Å². The van der Waals surface area contributed by atoms with Crippen LogP contribution < -0.4 is 10.1 Å². The molecule has 1 N–H and O–H groups in total. The van der Waals surface area contributed by atoms with Gasteiger partial charge in [0.05, 0.1) is 20.6 Å². The van der Waals surface area contributed by atoms with Crippen LogP contribution in [0.4, 0.5) is 5.69 Å². The SMILES string of the molecule is CC1=C(C(=O)OCc2ccc([N+](=O)[O-])cc2)N2C(=O)C(NC(=O)COc3ccccc3)[C@@H]2S(=O)C1=CBr. The zero-order valence-corrected chi connectivity index (χ0v) is 21.7. The van der Waals surface area contributed by atoms with Crippen molar-refractivity contribution in [2.24, 2.45) is 0 Å². The molecule has 2 aliphatic rings. The monoisotopic (exact) mass is 589 g/mol. The second kappa shape index (κ2) is 11.0. The number of ether oxygens (including phenoxy) is 2. The highest BCUT2D eigenvalue weighted by Gasteiger charge is 2.58. The summed E-state index contributed by atoms with van der Waals surface area (Å²) in [6, 6.07) is 13.0. The molecule has 1 saturated heterocycles. The minimum atomic E-state index is -1.75. The van der Waals surface area contributed by atoms with Crippen LogP contribution in [0, 0.1) is 10.1 Å². The third kappa shape index (κ3) is 5.32. The number of hydrogen-bond acceptors (Lipinski definition) is 8. The Morgan fingerprint density at radius 3 is 2.49 bits per heavy atom. The number of rotatable bonds is 8. The van der Waals surface area contributed by atoms with E-state index in [0.29, 0.717) is 11.3 Å². The highest BCUT2D eigenvalue weighted by molar-refractivity contribution is 9.11. The lowest BCUT2D eigenvalue weighted by Gasteiger charge is -2.49. The van der Waals surface area contributed by atoms with E-state index in [0.717, 1.165) is 4.90 Å². The Balaban J connectivity index is 1.46. The first-order valence-corrected chi connectivity index (χ1v) is 13.0. The first-order valence-electron chi connectivity index (χ1n) is 10.9. The normalized spacial score (nSPS) is 21.7. The number of halogens is 1. The topological polar surface area (TPSA) is 145 Å². The number of amides is 2. The molecule has 37 heavy (non-hydrogen) atoms. The molecule has 0 radical (unpaired) electrons. The number of para-hydroxylation sites is 1.